The second-order valence-corrected chi connectivity index (χ2v) is 7.19. The smallest absolute Gasteiger partial charge is 0.261 e. The molecule has 2 unspecified atom stereocenters. The Bertz CT molecular complexity index is 810. The molecule has 0 aliphatic heterocycles. The minimum Gasteiger partial charge on any atom is -0.493 e. The molecule has 2 atom stereocenters. The maximum Gasteiger partial charge on any atom is 0.261 e. The number of amides is 2. The Kier molecular flexibility index (Phi) is 9.19. The zero-order valence-corrected chi connectivity index (χ0v) is 18.3. The molecule has 0 heterocycles. The zero-order valence-electron chi connectivity index (χ0n) is 18.3. The molecule has 0 aliphatic carbocycles. The third kappa shape index (κ3) is 6.51. The molecule has 2 aromatic carbocycles. The summed E-state index contributed by atoms with van der Waals surface area (Å²) in [5.41, 5.74) is 0.956. The van der Waals surface area contributed by atoms with Crippen LogP contribution in [0.2, 0.25) is 0 Å². The molecule has 0 aliphatic rings. The Morgan fingerprint density at radius 3 is 2.20 bits per heavy atom. The molecule has 0 radical (unpaired) electrons. The molecule has 0 spiro atoms. The van der Waals surface area contributed by atoms with Crippen LogP contribution in [0.5, 0.6) is 11.5 Å². The van der Waals surface area contributed by atoms with Crippen molar-refractivity contribution in [2.45, 2.75) is 52.2 Å². The molecular formula is C24H32N2O4. The van der Waals surface area contributed by atoms with Crippen molar-refractivity contribution in [1.82, 2.24) is 10.2 Å². The predicted molar refractivity (Wildman–Crippen MR) is 117 cm³/mol. The van der Waals surface area contributed by atoms with Gasteiger partial charge in [-0.25, -0.2) is 0 Å². The van der Waals surface area contributed by atoms with Crippen molar-refractivity contribution in [2.75, 3.05) is 13.7 Å². The summed E-state index contributed by atoms with van der Waals surface area (Å²) in [7, 11) is 1.55. The van der Waals surface area contributed by atoms with Crippen LogP contribution in [0.1, 0.15) is 39.2 Å². The fourth-order valence-electron chi connectivity index (χ4n) is 3.10. The Labute approximate surface area is 179 Å². The molecule has 0 fully saturated rings. The summed E-state index contributed by atoms with van der Waals surface area (Å²) in [4.78, 5) is 27.6. The van der Waals surface area contributed by atoms with Crippen LogP contribution in [-0.4, -0.2) is 42.5 Å². The number of ether oxygens (including phenoxy) is 2. The molecule has 0 saturated carbocycles. The van der Waals surface area contributed by atoms with Crippen LogP contribution in [0.4, 0.5) is 0 Å². The molecule has 0 saturated heterocycles. The molecule has 2 aromatic rings. The standard InChI is InChI=1S/C24H32N2O4/c1-5-18(3)25-24(28)20(6-2)26(16-19-12-8-7-9-13-19)23(27)17-30-22-15-11-10-14-21(22)29-4/h7-15,18,20H,5-6,16-17H2,1-4H3,(H,25,28). The topological polar surface area (TPSA) is 67.9 Å². The van der Waals surface area contributed by atoms with Gasteiger partial charge in [0, 0.05) is 12.6 Å². The van der Waals surface area contributed by atoms with Gasteiger partial charge in [-0.15, -0.1) is 0 Å². The number of carbonyl (C=O) groups is 2. The van der Waals surface area contributed by atoms with Crippen molar-refractivity contribution < 1.29 is 19.1 Å². The van der Waals surface area contributed by atoms with E-state index in [0.717, 1.165) is 12.0 Å². The van der Waals surface area contributed by atoms with Crippen LogP contribution in [0.3, 0.4) is 0 Å². The summed E-state index contributed by atoms with van der Waals surface area (Å²) >= 11 is 0. The van der Waals surface area contributed by atoms with Gasteiger partial charge in [-0.1, -0.05) is 56.3 Å². The average molecular weight is 413 g/mol. The summed E-state index contributed by atoms with van der Waals surface area (Å²) in [5.74, 6) is 0.649. The Morgan fingerprint density at radius 2 is 1.60 bits per heavy atom. The van der Waals surface area contributed by atoms with Crippen molar-refractivity contribution in [3.63, 3.8) is 0 Å². The normalized spacial score (nSPS) is 12.5. The largest absolute Gasteiger partial charge is 0.493 e. The molecular weight excluding hydrogens is 380 g/mol. The van der Waals surface area contributed by atoms with Crippen LogP contribution in [0.25, 0.3) is 0 Å². The van der Waals surface area contributed by atoms with E-state index in [1.165, 1.54) is 0 Å². The lowest BCUT2D eigenvalue weighted by Gasteiger charge is -2.31. The number of benzene rings is 2. The van der Waals surface area contributed by atoms with E-state index < -0.39 is 6.04 Å². The predicted octanol–water partition coefficient (Wildman–Crippen LogP) is 3.80. The summed E-state index contributed by atoms with van der Waals surface area (Å²) in [6, 6.07) is 16.3. The molecule has 6 nitrogen and oxygen atoms in total. The second-order valence-electron chi connectivity index (χ2n) is 7.19. The van der Waals surface area contributed by atoms with E-state index in [1.54, 1.807) is 24.1 Å². The van der Waals surface area contributed by atoms with Gasteiger partial charge < -0.3 is 19.7 Å². The molecule has 0 bridgehead atoms. The van der Waals surface area contributed by atoms with Crippen LogP contribution >= 0.6 is 0 Å². The highest BCUT2D eigenvalue weighted by molar-refractivity contribution is 5.88. The van der Waals surface area contributed by atoms with Crippen molar-refractivity contribution >= 4 is 11.8 Å². The van der Waals surface area contributed by atoms with Gasteiger partial charge in [-0.05, 0) is 37.5 Å². The van der Waals surface area contributed by atoms with Gasteiger partial charge in [-0.2, -0.15) is 0 Å². The monoisotopic (exact) mass is 412 g/mol. The molecule has 2 amide bonds. The SMILES string of the molecule is CCC(C)NC(=O)C(CC)N(Cc1ccccc1)C(=O)COc1ccccc1OC. The van der Waals surface area contributed by atoms with E-state index in [2.05, 4.69) is 5.32 Å². The van der Waals surface area contributed by atoms with Gasteiger partial charge in [0.1, 0.15) is 6.04 Å². The van der Waals surface area contributed by atoms with E-state index in [0.29, 0.717) is 24.5 Å². The van der Waals surface area contributed by atoms with Gasteiger partial charge in [0.25, 0.3) is 5.91 Å². The number of methoxy groups -OCH3 is 1. The van der Waals surface area contributed by atoms with Gasteiger partial charge >= 0.3 is 0 Å². The van der Waals surface area contributed by atoms with E-state index >= 15 is 0 Å². The number of rotatable bonds is 11. The van der Waals surface area contributed by atoms with Crippen molar-refractivity contribution in [2.24, 2.45) is 0 Å². The van der Waals surface area contributed by atoms with E-state index in [1.807, 2.05) is 63.2 Å². The maximum atomic E-state index is 13.2. The first-order chi connectivity index (χ1) is 14.5. The van der Waals surface area contributed by atoms with E-state index in [9.17, 15) is 9.59 Å². The van der Waals surface area contributed by atoms with E-state index in [4.69, 9.17) is 9.47 Å². The lowest BCUT2D eigenvalue weighted by Crippen LogP contribution is -2.51. The van der Waals surface area contributed by atoms with Crippen LogP contribution in [0.15, 0.2) is 54.6 Å². The fourth-order valence-corrected chi connectivity index (χ4v) is 3.10. The number of para-hydroxylation sites is 2. The second kappa shape index (κ2) is 11.9. The highest BCUT2D eigenvalue weighted by atomic mass is 16.5. The third-order valence-electron chi connectivity index (χ3n) is 5.00. The first-order valence-electron chi connectivity index (χ1n) is 10.4. The van der Waals surface area contributed by atoms with Gasteiger partial charge in [0.05, 0.1) is 7.11 Å². The first kappa shape index (κ1) is 23.3. The van der Waals surface area contributed by atoms with Crippen LogP contribution < -0.4 is 14.8 Å². The first-order valence-corrected chi connectivity index (χ1v) is 10.4. The van der Waals surface area contributed by atoms with Crippen LogP contribution in [-0.2, 0) is 16.1 Å². The minimum atomic E-state index is -0.576. The Balaban J connectivity index is 2.20. The van der Waals surface area contributed by atoms with Crippen LogP contribution in [0, 0.1) is 0 Å². The maximum absolute atomic E-state index is 13.2. The highest BCUT2D eigenvalue weighted by Crippen LogP contribution is 2.26. The third-order valence-corrected chi connectivity index (χ3v) is 5.00. The van der Waals surface area contributed by atoms with Gasteiger partial charge in [-0.3, -0.25) is 9.59 Å². The number of hydrogen-bond donors (Lipinski definition) is 1. The lowest BCUT2D eigenvalue weighted by molar-refractivity contribution is -0.143. The number of hydrogen-bond acceptors (Lipinski definition) is 4. The summed E-state index contributed by atoms with van der Waals surface area (Å²) < 4.78 is 11.0. The van der Waals surface area contributed by atoms with Crippen molar-refractivity contribution in [1.29, 1.82) is 0 Å². The minimum absolute atomic E-state index is 0.0463. The Morgan fingerprint density at radius 1 is 0.967 bits per heavy atom. The molecule has 0 aromatic heterocycles. The molecule has 2 rings (SSSR count). The summed E-state index contributed by atoms with van der Waals surface area (Å²) in [5, 5.41) is 3.00. The number of nitrogens with one attached hydrogen (secondary N) is 1. The fraction of sp³-hybridized carbons (Fsp3) is 0.417. The summed E-state index contributed by atoms with van der Waals surface area (Å²) in [6.07, 6.45) is 1.33. The highest BCUT2D eigenvalue weighted by Gasteiger charge is 2.29. The number of nitrogens with zero attached hydrogens (tertiary/aromatic N) is 1. The van der Waals surface area contributed by atoms with E-state index in [-0.39, 0.29) is 24.5 Å². The quantitative estimate of drug-likeness (QED) is 0.610. The average Bonchev–Trinajstić information content (AvgIpc) is 2.78. The molecule has 162 valence electrons. The van der Waals surface area contributed by atoms with Gasteiger partial charge in [0.2, 0.25) is 5.91 Å². The number of carbonyl (C=O) groups excluding carboxylic acids is 2. The lowest BCUT2D eigenvalue weighted by atomic mass is 10.1. The summed E-state index contributed by atoms with van der Waals surface area (Å²) in [6.45, 7) is 6.04. The molecule has 30 heavy (non-hydrogen) atoms. The molecule has 1 N–H and O–H groups in total. The van der Waals surface area contributed by atoms with Gasteiger partial charge in [0.15, 0.2) is 18.1 Å². The zero-order chi connectivity index (χ0) is 21.9. The molecule has 6 heteroatoms. The van der Waals surface area contributed by atoms with Crippen molar-refractivity contribution in [3.8, 4) is 11.5 Å². The van der Waals surface area contributed by atoms with Crippen molar-refractivity contribution in [3.05, 3.63) is 60.2 Å². The Hall–Kier alpha value is -3.02.